The Kier molecular flexibility index (Phi) is 6.31. The summed E-state index contributed by atoms with van der Waals surface area (Å²) >= 11 is 0. The Labute approximate surface area is 158 Å². The predicted octanol–water partition coefficient (Wildman–Crippen LogP) is 1.69. The molecule has 1 amide bonds. The third-order valence-corrected chi connectivity index (χ3v) is 4.52. The maximum Gasteiger partial charge on any atom is 0.259 e. The van der Waals surface area contributed by atoms with Gasteiger partial charge in [0.15, 0.2) is 11.6 Å². The number of methoxy groups -OCH3 is 2. The average molecular weight is 375 g/mol. The Balaban J connectivity index is 1.89. The zero-order valence-corrected chi connectivity index (χ0v) is 15.6. The summed E-state index contributed by atoms with van der Waals surface area (Å²) in [4.78, 5) is 14.9. The van der Waals surface area contributed by atoms with E-state index in [1.807, 2.05) is 12.1 Å². The zero-order chi connectivity index (χ0) is 19.2. The van der Waals surface area contributed by atoms with Gasteiger partial charge in [0, 0.05) is 32.3 Å². The molecular formula is C19H25N3O5. The van der Waals surface area contributed by atoms with E-state index in [4.69, 9.17) is 14.0 Å². The van der Waals surface area contributed by atoms with Crippen LogP contribution in [0.4, 0.5) is 5.82 Å². The van der Waals surface area contributed by atoms with Crippen LogP contribution in [0.5, 0.6) is 5.75 Å². The molecule has 1 aromatic heterocycles. The molecule has 0 aliphatic carbocycles. The van der Waals surface area contributed by atoms with Crippen LogP contribution in [-0.4, -0.2) is 62.7 Å². The molecule has 1 atom stereocenters. The molecule has 3 rings (SSSR count). The number of benzene rings is 1. The van der Waals surface area contributed by atoms with E-state index in [1.54, 1.807) is 19.2 Å². The van der Waals surface area contributed by atoms with Crippen molar-refractivity contribution in [1.82, 2.24) is 10.5 Å². The van der Waals surface area contributed by atoms with Gasteiger partial charge < -0.3 is 29.3 Å². The molecule has 2 N–H and O–H groups in total. The number of aliphatic hydroxyl groups is 1. The number of anilines is 1. The average Bonchev–Trinajstić information content (AvgIpc) is 3.35. The molecule has 1 saturated heterocycles. The van der Waals surface area contributed by atoms with Crippen LogP contribution in [0.15, 0.2) is 28.8 Å². The van der Waals surface area contributed by atoms with Crippen molar-refractivity contribution in [3.8, 4) is 17.1 Å². The van der Waals surface area contributed by atoms with E-state index in [0.717, 1.165) is 31.5 Å². The first kappa shape index (κ1) is 19.2. The molecule has 2 aromatic rings. The van der Waals surface area contributed by atoms with Crippen molar-refractivity contribution in [2.45, 2.75) is 18.9 Å². The number of nitrogens with zero attached hydrogens (tertiary/aromatic N) is 2. The minimum absolute atomic E-state index is 0.0827. The third-order valence-electron chi connectivity index (χ3n) is 4.52. The topological polar surface area (TPSA) is 97.1 Å². The second-order valence-corrected chi connectivity index (χ2v) is 6.45. The fourth-order valence-corrected chi connectivity index (χ4v) is 3.12. The summed E-state index contributed by atoms with van der Waals surface area (Å²) in [6, 6.07) is 7.25. The summed E-state index contributed by atoms with van der Waals surface area (Å²) < 4.78 is 15.6. The second kappa shape index (κ2) is 8.88. The highest BCUT2D eigenvalue weighted by Gasteiger charge is 2.29. The Morgan fingerprint density at radius 2 is 2.00 bits per heavy atom. The molecule has 1 aliphatic rings. The summed E-state index contributed by atoms with van der Waals surface area (Å²) in [5, 5.41) is 16.7. The summed E-state index contributed by atoms with van der Waals surface area (Å²) in [6.07, 6.45) is 1.33. The standard InChI is InChI=1S/C19H25N3O5/c1-25-12-14(23)11-20-19(24)16-17(13-5-7-15(26-2)8-6-13)27-21-18(16)22-9-3-4-10-22/h5-8,14,23H,3-4,9-12H2,1-2H3,(H,20,24). The Morgan fingerprint density at radius 1 is 1.30 bits per heavy atom. The van der Waals surface area contributed by atoms with Crippen molar-refractivity contribution in [1.29, 1.82) is 0 Å². The molecule has 0 bridgehead atoms. The number of hydrogen-bond acceptors (Lipinski definition) is 7. The van der Waals surface area contributed by atoms with Crippen LogP contribution in [0.25, 0.3) is 11.3 Å². The lowest BCUT2D eigenvalue weighted by Crippen LogP contribution is -2.35. The van der Waals surface area contributed by atoms with Gasteiger partial charge in [-0.3, -0.25) is 4.79 Å². The quantitative estimate of drug-likeness (QED) is 0.725. The van der Waals surface area contributed by atoms with E-state index >= 15 is 0 Å². The van der Waals surface area contributed by atoms with Gasteiger partial charge in [-0.1, -0.05) is 5.16 Å². The van der Waals surface area contributed by atoms with Gasteiger partial charge in [0.05, 0.1) is 19.8 Å². The minimum atomic E-state index is -0.779. The third kappa shape index (κ3) is 4.40. The number of carbonyl (C=O) groups excluding carboxylic acids is 1. The lowest BCUT2D eigenvalue weighted by atomic mass is 10.1. The van der Waals surface area contributed by atoms with Gasteiger partial charge in [0.2, 0.25) is 0 Å². The number of aliphatic hydroxyl groups excluding tert-OH is 1. The van der Waals surface area contributed by atoms with Crippen LogP contribution in [0.2, 0.25) is 0 Å². The number of hydrogen-bond donors (Lipinski definition) is 2. The highest BCUT2D eigenvalue weighted by molar-refractivity contribution is 6.04. The molecule has 0 saturated carbocycles. The zero-order valence-electron chi connectivity index (χ0n) is 15.6. The first-order chi connectivity index (χ1) is 13.1. The maximum absolute atomic E-state index is 12.9. The largest absolute Gasteiger partial charge is 0.497 e. The van der Waals surface area contributed by atoms with E-state index in [1.165, 1.54) is 7.11 Å². The predicted molar refractivity (Wildman–Crippen MR) is 100 cm³/mol. The van der Waals surface area contributed by atoms with Gasteiger partial charge in [-0.15, -0.1) is 0 Å². The number of ether oxygens (including phenoxy) is 2. The number of carbonyl (C=O) groups is 1. The van der Waals surface area contributed by atoms with Crippen LogP contribution in [-0.2, 0) is 4.74 Å². The lowest BCUT2D eigenvalue weighted by molar-refractivity contribution is 0.0610. The number of nitrogens with one attached hydrogen (secondary N) is 1. The normalized spacial score (nSPS) is 15.0. The van der Waals surface area contributed by atoms with E-state index in [2.05, 4.69) is 15.4 Å². The summed E-state index contributed by atoms with van der Waals surface area (Å²) in [5.41, 5.74) is 1.11. The van der Waals surface area contributed by atoms with Crippen LogP contribution in [0, 0.1) is 0 Å². The second-order valence-electron chi connectivity index (χ2n) is 6.45. The number of aromatic nitrogens is 1. The molecule has 1 fully saturated rings. The van der Waals surface area contributed by atoms with Gasteiger partial charge in [-0.05, 0) is 37.1 Å². The smallest absolute Gasteiger partial charge is 0.259 e. The molecule has 2 heterocycles. The van der Waals surface area contributed by atoms with Gasteiger partial charge in [0.1, 0.15) is 11.3 Å². The van der Waals surface area contributed by atoms with Gasteiger partial charge in [-0.25, -0.2) is 0 Å². The highest BCUT2D eigenvalue weighted by Crippen LogP contribution is 2.33. The van der Waals surface area contributed by atoms with Crippen LogP contribution < -0.4 is 15.0 Å². The maximum atomic E-state index is 12.9. The molecule has 8 nitrogen and oxygen atoms in total. The first-order valence-corrected chi connectivity index (χ1v) is 8.98. The summed E-state index contributed by atoms with van der Waals surface area (Å²) in [5.74, 6) is 1.32. The summed E-state index contributed by atoms with van der Waals surface area (Å²) in [7, 11) is 3.09. The molecule has 0 spiro atoms. The van der Waals surface area contributed by atoms with E-state index < -0.39 is 6.10 Å². The summed E-state index contributed by atoms with van der Waals surface area (Å²) in [6.45, 7) is 1.90. The van der Waals surface area contributed by atoms with Crippen molar-refractivity contribution < 1.29 is 23.9 Å². The van der Waals surface area contributed by atoms with Crippen molar-refractivity contribution in [3.05, 3.63) is 29.8 Å². The van der Waals surface area contributed by atoms with E-state index in [-0.39, 0.29) is 19.1 Å². The molecule has 0 radical (unpaired) electrons. The fourth-order valence-electron chi connectivity index (χ4n) is 3.12. The van der Waals surface area contributed by atoms with Crippen molar-refractivity contribution in [2.24, 2.45) is 0 Å². The van der Waals surface area contributed by atoms with Gasteiger partial charge in [-0.2, -0.15) is 0 Å². The van der Waals surface area contributed by atoms with Crippen molar-refractivity contribution >= 4 is 11.7 Å². The van der Waals surface area contributed by atoms with E-state index in [9.17, 15) is 9.90 Å². The lowest BCUT2D eigenvalue weighted by Gasteiger charge is -2.16. The van der Waals surface area contributed by atoms with Crippen molar-refractivity contribution in [3.63, 3.8) is 0 Å². The SMILES string of the molecule is COCC(O)CNC(=O)c1c(N2CCCC2)noc1-c1ccc(OC)cc1. The molecule has 27 heavy (non-hydrogen) atoms. The van der Waals surface area contributed by atoms with Crippen LogP contribution in [0.3, 0.4) is 0 Å². The first-order valence-electron chi connectivity index (χ1n) is 8.98. The molecule has 8 heteroatoms. The molecule has 1 aromatic carbocycles. The number of rotatable bonds is 8. The van der Waals surface area contributed by atoms with Crippen molar-refractivity contribution in [2.75, 3.05) is 45.4 Å². The Morgan fingerprint density at radius 3 is 2.63 bits per heavy atom. The Bertz CT molecular complexity index is 753. The minimum Gasteiger partial charge on any atom is -0.497 e. The van der Waals surface area contributed by atoms with Crippen LogP contribution >= 0.6 is 0 Å². The molecule has 1 unspecified atom stereocenters. The van der Waals surface area contributed by atoms with E-state index in [0.29, 0.717) is 22.9 Å². The van der Waals surface area contributed by atoms with Gasteiger partial charge >= 0.3 is 0 Å². The number of amides is 1. The highest BCUT2D eigenvalue weighted by atomic mass is 16.5. The van der Waals surface area contributed by atoms with Crippen LogP contribution in [0.1, 0.15) is 23.2 Å². The monoisotopic (exact) mass is 375 g/mol. The fraction of sp³-hybridized carbons (Fsp3) is 0.474. The molecule has 146 valence electrons. The van der Waals surface area contributed by atoms with Gasteiger partial charge in [0.25, 0.3) is 5.91 Å². The Hall–Kier alpha value is -2.58. The molecule has 1 aliphatic heterocycles. The molecular weight excluding hydrogens is 350 g/mol.